The van der Waals surface area contributed by atoms with E-state index in [9.17, 15) is 9.90 Å². The fraction of sp³-hybridized carbons (Fsp3) is 0.533. The molecule has 5 heteroatoms. The number of rotatable bonds is 7. The van der Waals surface area contributed by atoms with Crippen molar-refractivity contribution in [2.24, 2.45) is 5.92 Å². The number of methoxy groups -OCH3 is 1. The number of nitrogens with one attached hydrogen (secondary N) is 1. The van der Waals surface area contributed by atoms with E-state index < -0.39 is 0 Å². The lowest BCUT2D eigenvalue weighted by atomic mass is 9.99. The Morgan fingerprint density at radius 2 is 2.05 bits per heavy atom. The molecular formula is C15H22ClNO3. The topological polar surface area (TPSA) is 58.6 Å². The van der Waals surface area contributed by atoms with E-state index >= 15 is 0 Å². The summed E-state index contributed by atoms with van der Waals surface area (Å²) in [4.78, 5) is 12.0. The van der Waals surface area contributed by atoms with Crippen molar-refractivity contribution in [2.75, 3.05) is 13.7 Å². The zero-order chi connectivity index (χ0) is 15.1. The summed E-state index contributed by atoms with van der Waals surface area (Å²) < 4.78 is 4.98. The minimum absolute atomic E-state index is 0.101. The molecule has 1 aromatic rings. The highest BCUT2D eigenvalue weighted by Crippen LogP contribution is 2.23. The summed E-state index contributed by atoms with van der Waals surface area (Å²) in [5, 5.41) is 12.4. The predicted molar refractivity (Wildman–Crippen MR) is 80.7 cm³/mol. The van der Waals surface area contributed by atoms with Gasteiger partial charge >= 0.3 is 0 Å². The van der Waals surface area contributed by atoms with E-state index in [1.54, 1.807) is 6.07 Å². The lowest BCUT2D eigenvalue weighted by Crippen LogP contribution is -2.33. The van der Waals surface area contributed by atoms with Gasteiger partial charge in [0.1, 0.15) is 11.5 Å². The maximum atomic E-state index is 12.0. The van der Waals surface area contributed by atoms with Crippen molar-refractivity contribution in [3.8, 4) is 11.5 Å². The molecule has 0 aromatic heterocycles. The fourth-order valence-corrected chi connectivity index (χ4v) is 2.52. The molecule has 112 valence electrons. The number of phenolic OH excluding ortho intramolecular Hbond substituents is 1. The van der Waals surface area contributed by atoms with Crippen LogP contribution in [0.1, 0.15) is 37.0 Å². The zero-order valence-corrected chi connectivity index (χ0v) is 12.9. The van der Waals surface area contributed by atoms with Gasteiger partial charge in [-0.1, -0.05) is 26.7 Å². The number of benzene rings is 1. The number of phenols is 1. The Kier molecular flexibility index (Phi) is 6.65. The summed E-state index contributed by atoms with van der Waals surface area (Å²) in [6.45, 7) is 4.56. The maximum absolute atomic E-state index is 12.0. The molecule has 1 rings (SSSR count). The number of carbonyl (C=O) groups excluding carboxylic acids is 1. The normalized spacial score (nSPS) is 12.2. The summed E-state index contributed by atoms with van der Waals surface area (Å²) >= 11 is 6.27. The summed E-state index contributed by atoms with van der Waals surface area (Å²) in [6.07, 6.45) is 1.96. The van der Waals surface area contributed by atoms with Gasteiger partial charge in [0.05, 0.1) is 18.1 Å². The second-order valence-electron chi connectivity index (χ2n) is 4.69. The number of ether oxygens (including phenoxy) is 1. The highest BCUT2D eigenvalue weighted by molar-refractivity contribution is 6.21. The number of aromatic hydroxyl groups is 1. The number of amides is 1. The lowest BCUT2D eigenvalue weighted by Gasteiger charge is -2.19. The molecule has 0 saturated heterocycles. The molecule has 4 nitrogen and oxygen atoms in total. The van der Waals surface area contributed by atoms with Crippen molar-refractivity contribution >= 4 is 17.5 Å². The third kappa shape index (κ3) is 4.30. The van der Waals surface area contributed by atoms with Gasteiger partial charge in [0.25, 0.3) is 5.91 Å². The van der Waals surface area contributed by atoms with Crippen molar-refractivity contribution in [3.63, 3.8) is 0 Å². The average molecular weight is 300 g/mol. The first kappa shape index (κ1) is 16.6. The number of halogens is 1. The van der Waals surface area contributed by atoms with E-state index in [-0.39, 0.29) is 22.6 Å². The van der Waals surface area contributed by atoms with Crippen LogP contribution >= 0.6 is 11.6 Å². The molecule has 2 N–H and O–H groups in total. The molecular weight excluding hydrogens is 278 g/mol. The van der Waals surface area contributed by atoms with Crippen LogP contribution in [-0.2, 0) is 0 Å². The van der Waals surface area contributed by atoms with Crippen LogP contribution in [-0.4, -0.2) is 30.0 Å². The minimum atomic E-state index is -0.332. The zero-order valence-electron chi connectivity index (χ0n) is 12.1. The third-order valence-corrected chi connectivity index (χ3v) is 3.98. The second-order valence-corrected chi connectivity index (χ2v) is 5.25. The molecule has 1 atom stereocenters. The number of hydrogen-bond donors (Lipinski definition) is 2. The van der Waals surface area contributed by atoms with Crippen LogP contribution in [0.25, 0.3) is 0 Å². The number of carbonyl (C=O) groups is 1. The van der Waals surface area contributed by atoms with Crippen LogP contribution in [0.2, 0.25) is 0 Å². The molecule has 1 amide bonds. The van der Waals surface area contributed by atoms with Crippen molar-refractivity contribution in [1.29, 1.82) is 0 Å². The Balaban J connectivity index is 2.63. The van der Waals surface area contributed by atoms with Crippen LogP contribution in [0.5, 0.6) is 11.5 Å². The standard InChI is InChI=1S/C15H22ClNO3/c1-4-10(5-2)13(16)9-17-15(19)12-7-6-11(20-3)8-14(12)18/h6-8,10,13,18H,4-5,9H2,1-3H3,(H,17,19). The van der Waals surface area contributed by atoms with Crippen molar-refractivity contribution in [2.45, 2.75) is 32.1 Å². The number of alkyl halides is 1. The van der Waals surface area contributed by atoms with Crippen LogP contribution in [0.3, 0.4) is 0 Å². The predicted octanol–water partition coefficient (Wildman–Crippen LogP) is 3.17. The van der Waals surface area contributed by atoms with E-state index in [1.165, 1.54) is 19.2 Å². The SMILES string of the molecule is CCC(CC)C(Cl)CNC(=O)c1ccc(OC)cc1O. The Bertz CT molecular complexity index is 447. The van der Waals surface area contributed by atoms with E-state index in [4.69, 9.17) is 16.3 Å². The Hall–Kier alpha value is -1.42. The van der Waals surface area contributed by atoms with Gasteiger partial charge in [-0.3, -0.25) is 4.79 Å². The quantitative estimate of drug-likeness (QED) is 0.760. The lowest BCUT2D eigenvalue weighted by molar-refractivity contribution is 0.0949. The van der Waals surface area contributed by atoms with Gasteiger partial charge in [0, 0.05) is 12.6 Å². The molecule has 0 aliphatic heterocycles. The first-order chi connectivity index (χ1) is 9.53. The highest BCUT2D eigenvalue weighted by atomic mass is 35.5. The monoisotopic (exact) mass is 299 g/mol. The average Bonchev–Trinajstić information content (AvgIpc) is 2.45. The Morgan fingerprint density at radius 1 is 1.40 bits per heavy atom. The molecule has 0 aliphatic rings. The van der Waals surface area contributed by atoms with Crippen LogP contribution < -0.4 is 10.1 Å². The summed E-state index contributed by atoms with van der Waals surface area (Å²) in [5.74, 6) is 0.449. The summed E-state index contributed by atoms with van der Waals surface area (Å²) in [6, 6.07) is 4.57. The molecule has 0 bridgehead atoms. The van der Waals surface area contributed by atoms with Gasteiger partial charge in [-0.05, 0) is 18.1 Å². The Labute approximate surface area is 125 Å². The van der Waals surface area contributed by atoms with Crippen molar-refractivity contribution < 1.29 is 14.6 Å². The second kappa shape index (κ2) is 8.00. The van der Waals surface area contributed by atoms with Crippen molar-refractivity contribution in [3.05, 3.63) is 23.8 Å². The number of hydrogen-bond acceptors (Lipinski definition) is 3. The molecule has 0 fully saturated rings. The molecule has 1 aromatic carbocycles. The largest absolute Gasteiger partial charge is 0.507 e. The maximum Gasteiger partial charge on any atom is 0.255 e. The highest BCUT2D eigenvalue weighted by Gasteiger charge is 2.18. The van der Waals surface area contributed by atoms with Gasteiger partial charge in [-0.2, -0.15) is 0 Å². The summed E-state index contributed by atoms with van der Waals surface area (Å²) in [5.41, 5.74) is 0.221. The van der Waals surface area contributed by atoms with Gasteiger partial charge in [0.2, 0.25) is 0 Å². The van der Waals surface area contributed by atoms with Gasteiger partial charge in [-0.15, -0.1) is 11.6 Å². The van der Waals surface area contributed by atoms with E-state index in [0.29, 0.717) is 18.2 Å². The molecule has 0 radical (unpaired) electrons. The van der Waals surface area contributed by atoms with Crippen molar-refractivity contribution in [1.82, 2.24) is 5.32 Å². The Morgan fingerprint density at radius 3 is 2.55 bits per heavy atom. The van der Waals surface area contributed by atoms with Gasteiger partial charge in [-0.25, -0.2) is 0 Å². The van der Waals surface area contributed by atoms with E-state index in [0.717, 1.165) is 12.8 Å². The van der Waals surface area contributed by atoms with Crippen LogP contribution in [0, 0.1) is 5.92 Å². The van der Waals surface area contributed by atoms with E-state index in [1.807, 2.05) is 0 Å². The first-order valence-electron chi connectivity index (χ1n) is 6.82. The smallest absolute Gasteiger partial charge is 0.255 e. The van der Waals surface area contributed by atoms with Gasteiger partial charge < -0.3 is 15.2 Å². The van der Waals surface area contributed by atoms with Gasteiger partial charge in [0.15, 0.2) is 0 Å². The molecule has 20 heavy (non-hydrogen) atoms. The molecule has 0 heterocycles. The van der Waals surface area contributed by atoms with Crippen LogP contribution in [0.15, 0.2) is 18.2 Å². The minimum Gasteiger partial charge on any atom is -0.507 e. The molecule has 0 saturated carbocycles. The van der Waals surface area contributed by atoms with Crippen LogP contribution in [0.4, 0.5) is 0 Å². The molecule has 0 spiro atoms. The molecule has 0 aliphatic carbocycles. The fourth-order valence-electron chi connectivity index (χ4n) is 2.08. The first-order valence-corrected chi connectivity index (χ1v) is 7.26. The summed E-state index contributed by atoms with van der Waals surface area (Å²) in [7, 11) is 1.50. The third-order valence-electron chi connectivity index (χ3n) is 3.47. The van der Waals surface area contributed by atoms with E-state index in [2.05, 4.69) is 19.2 Å². The molecule has 1 unspecified atom stereocenters.